The van der Waals surface area contributed by atoms with E-state index in [4.69, 9.17) is 4.74 Å². The summed E-state index contributed by atoms with van der Waals surface area (Å²) in [4.78, 5) is 14.5. The Bertz CT molecular complexity index is 991. The fraction of sp³-hybridized carbons (Fsp3) is 0.222. The summed E-state index contributed by atoms with van der Waals surface area (Å²) in [5.41, 5.74) is 2.57. The van der Waals surface area contributed by atoms with Gasteiger partial charge in [-0.15, -0.1) is 0 Å². The lowest BCUT2D eigenvalue weighted by Gasteiger charge is -2.05. The highest BCUT2D eigenvalue weighted by Crippen LogP contribution is 2.26. The summed E-state index contributed by atoms with van der Waals surface area (Å²) in [5, 5.41) is 9.40. The van der Waals surface area contributed by atoms with Crippen LogP contribution in [0.5, 0.6) is 0 Å². The van der Waals surface area contributed by atoms with Gasteiger partial charge in [-0.1, -0.05) is 17.7 Å². The lowest BCUT2D eigenvalue weighted by atomic mass is 10.1. The Morgan fingerprint density at radius 3 is 2.28 bits per heavy atom. The van der Waals surface area contributed by atoms with Crippen LogP contribution in [0, 0.1) is 32.1 Å². The number of ether oxygens (including phenoxy) is 1. The predicted octanol–water partition coefficient (Wildman–Crippen LogP) is 3.06. The lowest BCUT2D eigenvalue weighted by Crippen LogP contribution is -2.06. The molecule has 0 radical (unpaired) electrons. The largest absolute Gasteiger partial charge is 0.465 e. The number of hydrogen-bond donors (Lipinski definition) is 1. The summed E-state index contributed by atoms with van der Waals surface area (Å²) in [5.74, 6) is -0.599. The van der Waals surface area contributed by atoms with Gasteiger partial charge in [-0.25, -0.2) is 13.2 Å². The number of hydrogen-bond acceptors (Lipinski definition) is 5. The summed E-state index contributed by atoms with van der Waals surface area (Å²) in [6, 6.07) is 7.95. The number of esters is 1. The van der Waals surface area contributed by atoms with Crippen molar-refractivity contribution in [3.8, 4) is 6.07 Å². The van der Waals surface area contributed by atoms with Gasteiger partial charge in [0.15, 0.2) is 0 Å². The second-order valence-corrected chi connectivity index (χ2v) is 7.51. The molecule has 1 heterocycles. The van der Waals surface area contributed by atoms with E-state index >= 15 is 0 Å². The van der Waals surface area contributed by atoms with Gasteiger partial charge in [0.05, 0.1) is 17.6 Å². The van der Waals surface area contributed by atoms with Crippen molar-refractivity contribution in [2.24, 2.45) is 0 Å². The molecule has 0 bridgehead atoms. The van der Waals surface area contributed by atoms with Crippen molar-refractivity contribution >= 4 is 21.9 Å². The number of H-pyrrole nitrogens is 1. The third-order valence-electron chi connectivity index (χ3n) is 3.82. The summed E-state index contributed by atoms with van der Waals surface area (Å²) in [6.45, 7) is 5.21. The van der Waals surface area contributed by atoms with Crippen molar-refractivity contribution in [3.05, 3.63) is 57.2 Å². The number of carbonyl (C=O) groups excluding carboxylic acids is 1. The molecule has 0 aliphatic rings. The second-order valence-electron chi connectivity index (χ2n) is 5.59. The molecule has 1 aromatic heterocycles. The number of nitrogens with zero attached hydrogens (tertiary/aromatic N) is 1. The Hall–Kier alpha value is -2.85. The van der Waals surface area contributed by atoms with Gasteiger partial charge in [0.1, 0.15) is 11.0 Å². The molecule has 0 atom stereocenters. The topological polar surface area (TPSA) is 100 Å². The van der Waals surface area contributed by atoms with Gasteiger partial charge in [0.25, 0.3) is 0 Å². The quantitative estimate of drug-likeness (QED) is 0.669. The maximum Gasteiger partial charge on any atom is 0.340 e. The van der Waals surface area contributed by atoms with E-state index in [1.165, 1.54) is 25.3 Å². The first-order valence-corrected chi connectivity index (χ1v) is 8.91. The van der Waals surface area contributed by atoms with Crippen molar-refractivity contribution in [2.75, 3.05) is 7.11 Å². The van der Waals surface area contributed by atoms with Crippen LogP contribution in [-0.4, -0.2) is 26.5 Å². The van der Waals surface area contributed by atoms with Crippen LogP contribution in [0.15, 0.2) is 34.1 Å². The van der Waals surface area contributed by atoms with Crippen molar-refractivity contribution < 1.29 is 17.9 Å². The Morgan fingerprint density at radius 1 is 1.16 bits per heavy atom. The van der Waals surface area contributed by atoms with Crippen LogP contribution in [0.25, 0.3) is 6.08 Å². The molecule has 25 heavy (non-hydrogen) atoms. The van der Waals surface area contributed by atoms with Crippen molar-refractivity contribution in [2.45, 2.75) is 25.7 Å². The minimum atomic E-state index is -3.99. The van der Waals surface area contributed by atoms with Gasteiger partial charge in [0.2, 0.25) is 9.84 Å². The van der Waals surface area contributed by atoms with E-state index in [-0.39, 0.29) is 10.5 Å². The van der Waals surface area contributed by atoms with Gasteiger partial charge in [-0.3, -0.25) is 0 Å². The Morgan fingerprint density at radius 2 is 1.76 bits per heavy atom. The van der Waals surface area contributed by atoms with Crippen LogP contribution in [0.1, 0.15) is 32.9 Å². The van der Waals surface area contributed by atoms with Gasteiger partial charge < -0.3 is 9.72 Å². The minimum absolute atomic E-state index is 0.0235. The first-order chi connectivity index (χ1) is 11.7. The van der Waals surface area contributed by atoms with Crippen LogP contribution in [0.4, 0.5) is 0 Å². The number of nitrogens with one attached hydrogen (secondary N) is 1. The minimum Gasteiger partial charge on any atom is -0.465 e. The molecule has 0 saturated carbocycles. The van der Waals surface area contributed by atoms with E-state index in [0.717, 1.165) is 5.56 Å². The number of sulfone groups is 1. The van der Waals surface area contributed by atoms with Crippen LogP contribution in [0.2, 0.25) is 0 Å². The number of aromatic amines is 1. The third-order valence-corrected chi connectivity index (χ3v) is 5.50. The highest BCUT2D eigenvalue weighted by atomic mass is 32.2. The average molecular weight is 358 g/mol. The van der Waals surface area contributed by atoms with Gasteiger partial charge in [-0.05, 0) is 39.0 Å². The van der Waals surface area contributed by atoms with Crippen molar-refractivity contribution in [1.82, 2.24) is 4.98 Å². The monoisotopic (exact) mass is 358 g/mol. The predicted molar refractivity (Wildman–Crippen MR) is 93.6 cm³/mol. The standard InChI is InChI=1S/C18H18N2O4S/c1-11-5-7-14(8-6-11)25(22,23)15(10-19)9-16-12(2)20-13(3)17(16)18(21)24-4/h5-9,20H,1-4H3/b15-9+. The normalized spacial score (nSPS) is 11.9. The fourth-order valence-corrected chi connectivity index (χ4v) is 3.63. The van der Waals surface area contributed by atoms with Crippen molar-refractivity contribution in [1.29, 1.82) is 5.26 Å². The molecule has 1 aromatic carbocycles. The highest BCUT2D eigenvalue weighted by molar-refractivity contribution is 7.95. The number of methoxy groups -OCH3 is 1. The van der Waals surface area contributed by atoms with Crippen LogP contribution in [0.3, 0.4) is 0 Å². The van der Waals surface area contributed by atoms with E-state index in [1.807, 2.05) is 6.92 Å². The summed E-state index contributed by atoms with van der Waals surface area (Å²) in [6.07, 6.45) is 1.21. The van der Waals surface area contributed by atoms with E-state index in [1.54, 1.807) is 32.0 Å². The zero-order chi connectivity index (χ0) is 18.8. The number of allylic oxidation sites excluding steroid dienone is 1. The summed E-state index contributed by atoms with van der Waals surface area (Å²) in [7, 11) is -2.75. The number of nitriles is 1. The third kappa shape index (κ3) is 3.49. The van der Waals surface area contributed by atoms with Gasteiger partial charge in [0, 0.05) is 17.0 Å². The van der Waals surface area contributed by atoms with Crippen LogP contribution < -0.4 is 0 Å². The van der Waals surface area contributed by atoms with Crippen LogP contribution in [-0.2, 0) is 14.6 Å². The van der Waals surface area contributed by atoms with E-state index in [9.17, 15) is 18.5 Å². The van der Waals surface area contributed by atoms with Gasteiger partial charge >= 0.3 is 5.97 Å². The number of aromatic nitrogens is 1. The number of benzene rings is 1. The highest BCUT2D eigenvalue weighted by Gasteiger charge is 2.24. The van der Waals surface area contributed by atoms with Gasteiger partial charge in [-0.2, -0.15) is 5.26 Å². The SMILES string of the molecule is COC(=O)c1c(C)[nH]c(C)c1/C=C(\C#N)S(=O)(=O)c1ccc(C)cc1. The zero-order valence-electron chi connectivity index (χ0n) is 14.4. The molecule has 2 rings (SSSR count). The average Bonchev–Trinajstić information content (AvgIpc) is 2.85. The van der Waals surface area contributed by atoms with E-state index in [0.29, 0.717) is 17.0 Å². The van der Waals surface area contributed by atoms with E-state index < -0.39 is 20.7 Å². The first kappa shape index (κ1) is 18.5. The Labute approximate surface area is 146 Å². The summed E-state index contributed by atoms with van der Waals surface area (Å²) < 4.78 is 30.2. The number of aryl methyl sites for hydroxylation is 3. The molecule has 2 aromatic rings. The first-order valence-electron chi connectivity index (χ1n) is 7.43. The maximum atomic E-state index is 12.7. The molecule has 6 nitrogen and oxygen atoms in total. The molecule has 1 N–H and O–H groups in total. The Kier molecular flexibility index (Phi) is 5.14. The number of rotatable bonds is 4. The molecule has 0 aliphatic heterocycles. The summed E-state index contributed by atoms with van der Waals surface area (Å²) >= 11 is 0. The fourth-order valence-electron chi connectivity index (χ4n) is 2.49. The maximum absolute atomic E-state index is 12.7. The number of carbonyl (C=O) groups is 1. The molecular weight excluding hydrogens is 340 g/mol. The molecule has 0 amide bonds. The molecule has 7 heteroatoms. The van der Waals surface area contributed by atoms with Crippen molar-refractivity contribution in [3.63, 3.8) is 0 Å². The Balaban J connectivity index is 2.65. The molecule has 0 spiro atoms. The molecule has 0 unspecified atom stereocenters. The molecule has 0 aliphatic carbocycles. The molecular formula is C18H18N2O4S. The molecule has 130 valence electrons. The molecule has 0 saturated heterocycles. The smallest absolute Gasteiger partial charge is 0.340 e. The van der Waals surface area contributed by atoms with Crippen LogP contribution >= 0.6 is 0 Å². The molecule has 0 fully saturated rings. The lowest BCUT2D eigenvalue weighted by molar-refractivity contribution is 0.0600. The van der Waals surface area contributed by atoms with E-state index in [2.05, 4.69) is 4.98 Å². The second kappa shape index (κ2) is 6.95. The zero-order valence-corrected chi connectivity index (χ0v) is 15.2.